The average Bonchev–Trinajstić information content (AvgIpc) is 3.16. The summed E-state index contributed by atoms with van der Waals surface area (Å²) in [5.74, 6) is -0.234. The second-order valence-corrected chi connectivity index (χ2v) is 5.60. The number of nitrogens with zero attached hydrogens (tertiary/aromatic N) is 3. The van der Waals surface area contributed by atoms with Gasteiger partial charge in [-0.1, -0.05) is 12.1 Å². The molecule has 0 unspecified atom stereocenters. The molecule has 0 spiro atoms. The summed E-state index contributed by atoms with van der Waals surface area (Å²) < 4.78 is 7.00. The Bertz CT molecular complexity index is 723. The zero-order valence-electron chi connectivity index (χ0n) is 13.1. The van der Waals surface area contributed by atoms with Gasteiger partial charge in [0.25, 0.3) is 0 Å². The first-order chi connectivity index (χ1) is 11.1. The first-order valence-corrected chi connectivity index (χ1v) is 7.67. The van der Waals surface area contributed by atoms with Crippen molar-refractivity contribution in [1.82, 2.24) is 14.7 Å². The third-order valence-corrected chi connectivity index (χ3v) is 3.90. The summed E-state index contributed by atoms with van der Waals surface area (Å²) in [6, 6.07) is 7.27. The predicted molar refractivity (Wildman–Crippen MR) is 84.7 cm³/mol. The largest absolute Gasteiger partial charge is 0.460 e. The molecule has 2 heterocycles. The van der Waals surface area contributed by atoms with Gasteiger partial charge in [0, 0.05) is 31.8 Å². The Morgan fingerprint density at radius 3 is 2.91 bits per heavy atom. The molecule has 23 heavy (non-hydrogen) atoms. The number of amides is 1. The number of hydrogen-bond acceptors (Lipinski definition) is 4. The number of likely N-dealkylation sites (tertiary alicyclic amines) is 1. The van der Waals surface area contributed by atoms with E-state index in [9.17, 15) is 9.59 Å². The molecule has 0 atom stereocenters. The van der Waals surface area contributed by atoms with Crippen molar-refractivity contribution in [2.75, 3.05) is 19.7 Å². The molecule has 1 aliphatic rings. The molecule has 120 valence electrons. The van der Waals surface area contributed by atoms with Crippen LogP contribution in [0.4, 0.5) is 0 Å². The fourth-order valence-corrected chi connectivity index (χ4v) is 2.67. The Balaban J connectivity index is 1.60. The smallest absolute Gasteiger partial charge is 0.338 e. The van der Waals surface area contributed by atoms with E-state index in [1.807, 2.05) is 25.4 Å². The van der Waals surface area contributed by atoms with Crippen molar-refractivity contribution in [2.24, 2.45) is 7.05 Å². The van der Waals surface area contributed by atoms with Gasteiger partial charge < -0.3 is 9.64 Å². The third-order valence-electron chi connectivity index (χ3n) is 3.90. The first kappa shape index (κ1) is 15.3. The van der Waals surface area contributed by atoms with Crippen LogP contribution in [-0.4, -0.2) is 46.3 Å². The molecule has 1 aromatic heterocycles. The maximum Gasteiger partial charge on any atom is 0.338 e. The molecule has 0 saturated carbocycles. The van der Waals surface area contributed by atoms with Gasteiger partial charge in [0.1, 0.15) is 6.61 Å². The monoisotopic (exact) mass is 313 g/mol. The highest BCUT2D eigenvalue weighted by atomic mass is 16.5. The molecule has 6 heteroatoms. The van der Waals surface area contributed by atoms with E-state index in [0.29, 0.717) is 18.5 Å². The third kappa shape index (κ3) is 3.59. The number of hydrogen-bond donors (Lipinski definition) is 0. The molecule has 3 rings (SSSR count). The molecule has 0 N–H and O–H groups in total. The van der Waals surface area contributed by atoms with Crippen molar-refractivity contribution < 1.29 is 14.3 Å². The molecular formula is C17H19N3O3. The fraction of sp³-hybridized carbons (Fsp3) is 0.353. The van der Waals surface area contributed by atoms with E-state index < -0.39 is 0 Å². The van der Waals surface area contributed by atoms with Gasteiger partial charge in [0.05, 0.1) is 18.3 Å². The van der Waals surface area contributed by atoms with Gasteiger partial charge in [0.2, 0.25) is 5.91 Å². The highest BCUT2D eigenvalue weighted by molar-refractivity contribution is 5.91. The van der Waals surface area contributed by atoms with Gasteiger partial charge in [-0.15, -0.1) is 0 Å². The van der Waals surface area contributed by atoms with Crippen LogP contribution < -0.4 is 0 Å². The number of carbonyl (C=O) groups excluding carboxylic acids is 2. The standard InChI is InChI=1S/C17H19N3O3/c1-19-12-15(11-18-19)13-4-2-5-14(10-13)17(22)23-9-8-20-7-3-6-16(20)21/h2,4-5,10-12H,3,6-9H2,1H3. The van der Waals surface area contributed by atoms with Gasteiger partial charge in [-0.25, -0.2) is 4.79 Å². The summed E-state index contributed by atoms with van der Waals surface area (Å²) in [6.45, 7) is 1.45. The number of carbonyl (C=O) groups is 2. The van der Waals surface area contributed by atoms with Gasteiger partial charge in [-0.3, -0.25) is 9.48 Å². The van der Waals surface area contributed by atoms with Crippen LogP contribution in [0.3, 0.4) is 0 Å². The lowest BCUT2D eigenvalue weighted by atomic mass is 10.1. The lowest BCUT2D eigenvalue weighted by Crippen LogP contribution is -2.29. The van der Waals surface area contributed by atoms with E-state index in [2.05, 4.69) is 5.10 Å². The minimum atomic E-state index is -0.373. The fourth-order valence-electron chi connectivity index (χ4n) is 2.67. The summed E-state index contributed by atoms with van der Waals surface area (Å²) in [6.07, 6.45) is 5.13. The SMILES string of the molecule is Cn1cc(-c2cccc(C(=O)OCCN3CCCC3=O)c2)cn1. The molecule has 0 bridgehead atoms. The van der Waals surface area contributed by atoms with Crippen molar-refractivity contribution in [3.63, 3.8) is 0 Å². The van der Waals surface area contributed by atoms with Crippen LogP contribution in [0.5, 0.6) is 0 Å². The molecule has 1 fully saturated rings. The van der Waals surface area contributed by atoms with Crippen molar-refractivity contribution in [3.05, 3.63) is 42.2 Å². The number of ether oxygens (including phenoxy) is 1. The number of esters is 1. The lowest BCUT2D eigenvalue weighted by molar-refractivity contribution is -0.128. The van der Waals surface area contributed by atoms with E-state index in [1.165, 1.54) is 0 Å². The van der Waals surface area contributed by atoms with Gasteiger partial charge >= 0.3 is 5.97 Å². The molecule has 1 amide bonds. The van der Waals surface area contributed by atoms with E-state index in [1.54, 1.807) is 27.9 Å². The Hall–Kier alpha value is -2.63. The summed E-state index contributed by atoms with van der Waals surface area (Å²) in [5.41, 5.74) is 2.37. The maximum absolute atomic E-state index is 12.1. The molecule has 0 radical (unpaired) electrons. The normalized spacial score (nSPS) is 14.3. The van der Waals surface area contributed by atoms with Gasteiger partial charge in [-0.2, -0.15) is 5.10 Å². The summed E-state index contributed by atoms with van der Waals surface area (Å²) in [5, 5.41) is 4.13. The predicted octanol–water partition coefficient (Wildman–Crippen LogP) is 1.87. The van der Waals surface area contributed by atoms with Crippen LogP contribution in [0.1, 0.15) is 23.2 Å². The van der Waals surface area contributed by atoms with Crippen molar-refractivity contribution in [2.45, 2.75) is 12.8 Å². The number of benzene rings is 1. The highest BCUT2D eigenvalue weighted by Crippen LogP contribution is 2.20. The Morgan fingerprint density at radius 1 is 1.35 bits per heavy atom. The molecule has 1 aromatic carbocycles. The summed E-state index contributed by atoms with van der Waals surface area (Å²) in [4.78, 5) is 25.4. The Kier molecular flexibility index (Phi) is 4.41. The number of aryl methyl sites for hydroxylation is 1. The van der Waals surface area contributed by atoms with Crippen molar-refractivity contribution in [3.8, 4) is 11.1 Å². The number of rotatable bonds is 5. The van der Waals surface area contributed by atoms with Crippen LogP contribution in [0.25, 0.3) is 11.1 Å². The van der Waals surface area contributed by atoms with E-state index in [0.717, 1.165) is 24.1 Å². The molecular weight excluding hydrogens is 294 g/mol. The van der Waals surface area contributed by atoms with Crippen molar-refractivity contribution >= 4 is 11.9 Å². The molecule has 0 aliphatic carbocycles. The second-order valence-electron chi connectivity index (χ2n) is 5.60. The lowest BCUT2D eigenvalue weighted by Gasteiger charge is -2.15. The van der Waals surface area contributed by atoms with Gasteiger partial charge in [-0.05, 0) is 24.1 Å². The average molecular weight is 313 g/mol. The molecule has 1 aliphatic heterocycles. The highest BCUT2D eigenvalue weighted by Gasteiger charge is 2.20. The van der Waals surface area contributed by atoms with E-state index >= 15 is 0 Å². The topological polar surface area (TPSA) is 64.4 Å². The van der Waals surface area contributed by atoms with Crippen LogP contribution in [0.2, 0.25) is 0 Å². The summed E-state index contributed by atoms with van der Waals surface area (Å²) in [7, 11) is 1.85. The molecule has 1 saturated heterocycles. The molecule has 2 aromatic rings. The Morgan fingerprint density at radius 2 is 2.22 bits per heavy atom. The van der Waals surface area contributed by atoms with E-state index in [-0.39, 0.29) is 18.5 Å². The zero-order chi connectivity index (χ0) is 16.2. The van der Waals surface area contributed by atoms with Crippen LogP contribution in [-0.2, 0) is 16.6 Å². The van der Waals surface area contributed by atoms with Gasteiger partial charge in [0.15, 0.2) is 0 Å². The Labute approximate surface area is 134 Å². The minimum absolute atomic E-state index is 0.139. The maximum atomic E-state index is 12.1. The molecule has 6 nitrogen and oxygen atoms in total. The zero-order valence-corrected chi connectivity index (χ0v) is 13.1. The number of aromatic nitrogens is 2. The van der Waals surface area contributed by atoms with E-state index in [4.69, 9.17) is 4.74 Å². The van der Waals surface area contributed by atoms with Crippen LogP contribution >= 0.6 is 0 Å². The van der Waals surface area contributed by atoms with Crippen LogP contribution in [0, 0.1) is 0 Å². The second kappa shape index (κ2) is 6.64. The quantitative estimate of drug-likeness (QED) is 0.791. The minimum Gasteiger partial charge on any atom is -0.460 e. The first-order valence-electron chi connectivity index (χ1n) is 7.67. The van der Waals surface area contributed by atoms with Crippen molar-refractivity contribution in [1.29, 1.82) is 0 Å². The summed E-state index contributed by atoms with van der Waals surface area (Å²) >= 11 is 0. The van der Waals surface area contributed by atoms with Crippen LogP contribution in [0.15, 0.2) is 36.7 Å².